The molecule has 5 heteroatoms. The quantitative estimate of drug-likeness (QED) is 0.802. The van der Waals surface area contributed by atoms with E-state index in [1.165, 1.54) is 11.3 Å². The molecule has 3 rings (SSSR count). The van der Waals surface area contributed by atoms with Crippen LogP contribution in [0.4, 0.5) is 0 Å². The van der Waals surface area contributed by atoms with Crippen LogP contribution in [-0.2, 0) is 6.54 Å². The largest absolute Gasteiger partial charge is 0.347 e. The van der Waals surface area contributed by atoms with Crippen LogP contribution in [0.1, 0.15) is 15.5 Å². The number of imidazole rings is 1. The lowest BCUT2D eigenvalue weighted by atomic mass is 10.1. The monoisotopic (exact) mass is 297 g/mol. The van der Waals surface area contributed by atoms with E-state index in [0.29, 0.717) is 6.54 Å². The second kappa shape index (κ2) is 5.93. The third-order valence-electron chi connectivity index (χ3n) is 3.23. The Morgan fingerprint density at radius 1 is 1.29 bits per heavy atom. The van der Waals surface area contributed by atoms with E-state index >= 15 is 0 Å². The summed E-state index contributed by atoms with van der Waals surface area (Å²) < 4.78 is 0. The van der Waals surface area contributed by atoms with Crippen molar-refractivity contribution in [2.45, 2.75) is 6.54 Å². The van der Waals surface area contributed by atoms with Crippen molar-refractivity contribution in [1.82, 2.24) is 14.9 Å². The van der Waals surface area contributed by atoms with E-state index in [1.807, 2.05) is 41.8 Å². The van der Waals surface area contributed by atoms with Gasteiger partial charge in [-0.2, -0.15) is 0 Å². The Morgan fingerprint density at radius 2 is 2.10 bits per heavy atom. The minimum absolute atomic E-state index is 0.0141. The summed E-state index contributed by atoms with van der Waals surface area (Å²) in [6.07, 6.45) is 3.45. The average molecular weight is 297 g/mol. The number of hydrogen-bond acceptors (Lipinski definition) is 3. The van der Waals surface area contributed by atoms with E-state index in [9.17, 15) is 4.79 Å². The van der Waals surface area contributed by atoms with Gasteiger partial charge in [-0.15, -0.1) is 11.3 Å². The number of rotatable bonds is 4. The Bertz CT molecular complexity index is 719. The van der Waals surface area contributed by atoms with Gasteiger partial charge in [-0.1, -0.05) is 30.3 Å². The molecule has 1 N–H and O–H groups in total. The van der Waals surface area contributed by atoms with Gasteiger partial charge < -0.3 is 9.88 Å². The number of nitrogens with zero attached hydrogens (tertiary/aromatic N) is 2. The van der Waals surface area contributed by atoms with Crippen LogP contribution in [0, 0.1) is 0 Å². The molecule has 2 aromatic heterocycles. The summed E-state index contributed by atoms with van der Waals surface area (Å²) in [7, 11) is 1.79. The Kier molecular flexibility index (Phi) is 3.83. The van der Waals surface area contributed by atoms with Crippen molar-refractivity contribution in [2.75, 3.05) is 7.05 Å². The van der Waals surface area contributed by atoms with Crippen molar-refractivity contribution in [3.05, 3.63) is 64.9 Å². The Balaban J connectivity index is 1.84. The summed E-state index contributed by atoms with van der Waals surface area (Å²) in [5.74, 6) is 0.795. The van der Waals surface area contributed by atoms with Gasteiger partial charge in [-0.3, -0.25) is 4.79 Å². The molecule has 0 aliphatic rings. The highest BCUT2D eigenvalue weighted by Crippen LogP contribution is 2.29. The number of H-pyrrole nitrogens is 1. The van der Waals surface area contributed by atoms with Gasteiger partial charge in [0.15, 0.2) is 0 Å². The van der Waals surface area contributed by atoms with E-state index in [4.69, 9.17) is 0 Å². The zero-order valence-corrected chi connectivity index (χ0v) is 12.4. The molecule has 0 spiro atoms. The Labute approximate surface area is 127 Å². The van der Waals surface area contributed by atoms with E-state index in [1.54, 1.807) is 24.3 Å². The number of carbonyl (C=O) groups excluding carboxylic acids is 1. The molecule has 2 heterocycles. The van der Waals surface area contributed by atoms with Gasteiger partial charge in [0.2, 0.25) is 0 Å². The molecular formula is C16H15N3OS. The molecule has 0 unspecified atom stereocenters. The molecule has 0 saturated carbocycles. The van der Waals surface area contributed by atoms with Crippen LogP contribution in [0.3, 0.4) is 0 Å². The van der Waals surface area contributed by atoms with E-state index in [0.717, 1.165) is 21.8 Å². The van der Waals surface area contributed by atoms with Gasteiger partial charge in [0, 0.05) is 25.0 Å². The average Bonchev–Trinajstić information content (AvgIpc) is 3.18. The van der Waals surface area contributed by atoms with E-state index in [2.05, 4.69) is 9.97 Å². The van der Waals surface area contributed by atoms with Crippen molar-refractivity contribution in [2.24, 2.45) is 0 Å². The lowest BCUT2D eigenvalue weighted by Crippen LogP contribution is -2.26. The molecule has 0 bridgehead atoms. The van der Waals surface area contributed by atoms with Crippen LogP contribution in [0.25, 0.3) is 11.1 Å². The van der Waals surface area contributed by atoms with Gasteiger partial charge >= 0.3 is 0 Å². The number of thiophene rings is 1. The van der Waals surface area contributed by atoms with E-state index < -0.39 is 0 Å². The molecule has 0 fully saturated rings. The van der Waals surface area contributed by atoms with Crippen molar-refractivity contribution >= 4 is 17.2 Å². The summed E-state index contributed by atoms with van der Waals surface area (Å²) in [4.78, 5) is 22.2. The number of hydrogen-bond donors (Lipinski definition) is 1. The van der Waals surface area contributed by atoms with Crippen LogP contribution in [0.15, 0.2) is 54.2 Å². The molecular weight excluding hydrogens is 282 g/mol. The fraction of sp³-hybridized carbons (Fsp3) is 0.125. The molecule has 1 aromatic carbocycles. The summed E-state index contributed by atoms with van der Waals surface area (Å²) in [5.41, 5.74) is 2.05. The van der Waals surface area contributed by atoms with E-state index in [-0.39, 0.29) is 5.91 Å². The number of nitrogens with one attached hydrogen (secondary N) is 1. The van der Waals surface area contributed by atoms with Gasteiger partial charge in [-0.25, -0.2) is 4.98 Å². The smallest absolute Gasteiger partial charge is 0.264 e. The first-order chi connectivity index (χ1) is 10.3. The SMILES string of the molecule is CN(Cc1ncc[nH]1)C(=O)c1sccc1-c1ccccc1. The van der Waals surface area contributed by atoms with Crippen LogP contribution in [0.5, 0.6) is 0 Å². The third kappa shape index (κ3) is 2.87. The van der Waals surface area contributed by atoms with Crippen molar-refractivity contribution in [1.29, 1.82) is 0 Å². The molecule has 3 aromatic rings. The molecule has 1 amide bonds. The minimum atomic E-state index is 0.0141. The normalized spacial score (nSPS) is 10.5. The maximum atomic E-state index is 12.6. The second-order valence-electron chi connectivity index (χ2n) is 4.73. The first kappa shape index (κ1) is 13.6. The molecule has 0 saturated heterocycles. The summed E-state index contributed by atoms with van der Waals surface area (Å²) in [5, 5.41) is 1.95. The van der Waals surface area contributed by atoms with Crippen LogP contribution < -0.4 is 0 Å². The minimum Gasteiger partial charge on any atom is -0.347 e. The van der Waals surface area contributed by atoms with Gasteiger partial charge in [-0.05, 0) is 17.0 Å². The summed E-state index contributed by atoms with van der Waals surface area (Å²) in [6.45, 7) is 0.470. The lowest BCUT2D eigenvalue weighted by molar-refractivity contribution is 0.0787. The van der Waals surface area contributed by atoms with Gasteiger partial charge in [0.1, 0.15) is 5.82 Å². The number of carbonyl (C=O) groups is 1. The highest BCUT2D eigenvalue weighted by molar-refractivity contribution is 7.12. The Morgan fingerprint density at radius 3 is 2.81 bits per heavy atom. The topological polar surface area (TPSA) is 49.0 Å². The van der Waals surface area contributed by atoms with Crippen molar-refractivity contribution in [3.63, 3.8) is 0 Å². The van der Waals surface area contributed by atoms with Gasteiger partial charge in [0.25, 0.3) is 5.91 Å². The standard InChI is InChI=1S/C16H15N3OS/c1-19(11-14-17-8-9-18-14)16(20)15-13(7-10-21-15)12-5-3-2-4-6-12/h2-10H,11H2,1H3,(H,17,18). The fourth-order valence-electron chi connectivity index (χ4n) is 2.17. The fourth-order valence-corrected chi connectivity index (χ4v) is 3.08. The number of aromatic amines is 1. The number of aromatic nitrogens is 2. The molecule has 0 aliphatic carbocycles. The molecule has 106 valence electrons. The summed E-state index contributed by atoms with van der Waals surface area (Å²) in [6, 6.07) is 12.0. The van der Waals surface area contributed by atoms with Crippen LogP contribution in [-0.4, -0.2) is 27.8 Å². The number of amides is 1. The predicted octanol–water partition coefficient (Wildman–Crippen LogP) is 3.41. The lowest BCUT2D eigenvalue weighted by Gasteiger charge is -2.16. The van der Waals surface area contributed by atoms with Crippen molar-refractivity contribution in [3.8, 4) is 11.1 Å². The maximum absolute atomic E-state index is 12.6. The first-order valence-corrected chi connectivity index (χ1v) is 7.50. The molecule has 0 atom stereocenters. The molecule has 0 aliphatic heterocycles. The molecule has 0 radical (unpaired) electrons. The highest BCUT2D eigenvalue weighted by atomic mass is 32.1. The highest BCUT2D eigenvalue weighted by Gasteiger charge is 2.18. The zero-order valence-electron chi connectivity index (χ0n) is 11.6. The third-order valence-corrected chi connectivity index (χ3v) is 4.14. The molecule has 4 nitrogen and oxygen atoms in total. The van der Waals surface area contributed by atoms with Crippen LogP contribution >= 0.6 is 11.3 Å². The van der Waals surface area contributed by atoms with Gasteiger partial charge in [0.05, 0.1) is 11.4 Å². The van der Waals surface area contributed by atoms with Crippen LogP contribution in [0.2, 0.25) is 0 Å². The maximum Gasteiger partial charge on any atom is 0.264 e. The zero-order chi connectivity index (χ0) is 14.7. The predicted molar refractivity (Wildman–Crippen MR) is 84.1 cm³/mol. The number of benzene rings is 1. The molecule has 21 heavy (non-hydrogen) atoms. The van der Waals surface area contributed by atoms with Crippen molar-refractivity contribution < 1.29 is 4.79 Å². The first-order valence-electron chi connectivity index (χ1n) is 6.62. The second-order valence-corrected chi connectivity index (χ2v) is 5.64. The summed E-state index contributed by atoms with van der Waals surface area (Å²) >= 11 is 1.47. The Hall–Kier alpha value is -2.40.